The molecular formula is H4Cl2MgZr. The number of halogens is 2. The molecule has 0 heterocycles. The molecule has 4 heavy (non-hydrogen) atoms. The normalized spacial score (nSPS) is 0. The molecule has 0 atom stereocenters. The zero-order valence-corrected chi connectivity index (χ0v) is 5.41. The Kier molecular flexibility index (Phi) is 161. The van der Waals surface area contributed by atoms with E-state index in [-0.39, 0.29) is 74.1 Å². The molecule has 0 aliphatic heterocycles. The van der Waals surface area contributed by atoms with Gasteiger partial charge in [-0.2, -0.15) is 0 Å². The molecule has 0 saturated heterocycles. The molecule has 0 aromatic heterocycles. The second-order valence-electron chi connectivity index (χ2n) is 0. The first kappa shape index (κ1) is 34.3. The van der Waals surface area contributed by atoms with Gasteiger partial charge in [-0.05, 0) is 0 Å². The van der Waals surface area contributed by atoms with Crippen molar-refractivity contribution in [1.29, 1.82) is 0 Å². The van der Waals surface area contributed by atoms with Gasteiger partial charge < -0.3 is 0 Å². The van der Waals surface area contributed by atoms with Crippen LogP contribution in [0.25, 0.3) is 0 Å². The summed E-state index contributed by atoms with van der Waals surface area (Å²) < 4.78 is 0. The van der Waals surface area contributed by atoms with Gasteiger partial charge in [0.05, 0.1) is 0 Å². The average Bonchev–Trinajstić information content (AvgIpc) is 0. The van der Waals surface area contributed by atoms with Crippen molar-refractivity contribution >= 4 is 47.9 Å². The van der Waals surface area contributed by atoms with Gasteiger partial charge >= 0.3 is 23.1 Å². The number of hydrogen-bond donors (Lipinski definition) is 0. The summed E-state index contributed by atoms with van der Waals surface area (Å²) in [4.78, 5) is 0. The molecule has 0 radical (unpaired) electrons. The summed E-state index contributed by atoms with van der Waals surface area (Å²) in [6.45, 7) is 0. The molecule has 0 rings (SSSR count). The molecule has 0 N–H and O–H groups in total. The van der Waals surface area contributed by atoms with Gasteiger partial charge in [0, 0.05) is 26.2 Å². The van der Waals surface area contributed by atoms with Crippen LogP contribution in [-0.2, 0) is 26.2 Å². The smallest absolute Gasteiger partial charge is 0.147 e. The zero-order chi connectivity index (χ0) is 0. The Balaban J connectivity index is 0. The summed E-state index contributed by atoms with van der Waals surface area (Å²) in [6.07, 6.45) is 0. The van der Waals surface area contributed by atoms with Crippen molar-refractivity contribution in [3.63, 3.8) is 0 Å². The van der Waals surface area contributed by atoms with E-state index >= 15 is 0 Å². The third kappa shape index (κ3) is 8.87. The largest absolute Gasteiger partial charge is 0.316 e. The van der Waals surface area contributed by atoms with Gasteiger partial charge in [0.15, 0.2) is 0 Å². The van der Waals surface area contributed by atoms with Crippen LogP contribution in [0.4, 0.5) is 0 Å². The zero-order valence-electron chi connectivity index (χ0n) is 1.32. The second kappa shape index (κ2) is 18.8. The summed E-state index contributed by atoms with van der Waals surface area (Å²) in [5, 5.41) is 0. The van der Waals surface area contributed by atoms with Crippen LogP contribution in [0.3, 0.4) is 0 Å². The molecule has 0 nitrogen and oxygen atoms in total. The molecule has 4 heteroatoms. The molecule has 0 amide bonds. The molecule has 0 bridgehead atoms. The molecule has 0 aliphatic carbocycles. The molecule has 0 aliphatic rings. The van der Waals surface area contributed by atoms with E-state index < -0.39 is 0 Å². The fraction of sp³-hybridized carbons (Fsp3) is 0. The molecule has 24 valence electrons. The Labute approximate surface area is 73.2 Å². The fourth-order valence-corrected chi connectivity index (χ4v) is 0. The summed E-state index contributed by atoms with van der Waals surface area (Å²) in [7, 11) is 0. The standard InChI is InChI=1S/2ClH.Mg.Zr.2H/h2*1H;;;;. The van der Waals surface area contributed by atoms with E-state index in [4.69, 9.17) is 0 Å². The molecule has 0 aromatic rings. The second-order valence-corrected chi connectivity index (χ2v) is 0. The van der Waals surface area contributed by atoms with Crippen molar-refractivity contribution in [2.45, 2.75) is 0 Å². The Morgan fingerprint density at radius 3 is 0.750 bits per heavy atom. The fourth-order valence-electron chi connectivity index (χ4n) is 0. The van der Waals surface area contributed by atoms with E-state index in [2.05, 4.69) is 0 Å². The summed E-state index contributed by atoms with van der Waals surface area (Å²) in [6, 6.07) is 0. The van der Waals surface area contributed by atoms with E-state index in [1.165, 1.54) is 0 Å². The quantitative estimate of drug-likeness (QED) is 0.469. The first-order valence-corrected chi connectivity index (χ1v) is 0. The summed E-state index contributed by atoms with van der Waals surface area (Å²) in [5.41, 5.74) is 0. The molecule has 0 saturated carbocycles. The predicted octanol–water partition coefficient (Wildman–Crippen LogP) is -0.0751. The van der Waals surface area contributed by atoms with Crippen LogP contribution in [0.5, 0.6) is 0 Å². The van der Waals surface area contributed by atoms with Crippen molar-refractivity contribution in [3.8, 4) is 0 Å². The first-order chi connectivity index (χ1) is 0. The van der Waals surface area contributed by atoms with Crippen LogP contribution in [0.15, 0.2) is 0 Å². The molecule has 0 aromatic carbocycles. The van der Waals surface area contributed by atoms with Crippen molar-refractivity contribution in [3.05, 3.63) is 0 Å². The topological polar surface area (TPSA) is 0 Å². The maximum atomic E-state index is 0. The summed E-state index contributed by atoms with van der Waals surface area (Å²) >= 11 is 0. The first-order valence-electron chi connectivity index (χ1n) is 0. The van der Waals surface area contributed by atoms with E-state index in [1.54, 1.807) is 0 Å². The van der Waals surface area contributed by atoms with E-state index in [0.717, 1.165) is 0 Å². The molecule has 0 fully saturated rings. The summed E-state index contributed by atoms with van der Waals surface area (Å²) in [5.74, 6) is 0. The van der Waals surface area contributed by atoms with E-state index in [0.29, 0.717) is 0 Å². The van der Waals surface area contributed by atoms with Crippen molar-refractivity contribution in [2.75, 3.05) is 0 Å². The average molecular weight is 190 g/mol. The van der Waals surface area contributed by atoms with Crippen molar-refractivity contribution in [1.82, 2.24) is 0 Å². The van der Waals surface area contributed by atoms with Gasteiger partial charge in [-0.3, -0.25) is 0 Å². The van der Waals surface area contributed by atoms with Crippen molar-refractivity contribution in [2.24, 2.45) is 0 Å². The third-order valence-electron chi connectivity index (χ3n) is 0. The molecular weight excluding hydrogens is 186 g/mol. The van der Waals surface area contributed by atoms with E-state index in [1.807, 2.05) is 0 Å². The maximum absolute atomic E-state index is 0. The van der Waals surface area contributed by atoms with Crippen LogP contribution in [0.2, 0.25) is 0 Å². The SMILES string of the molecule is Cl.Cl.[MgH2].[Zr]. The number of hydrogen-bond acceptors (Lipinski definition) is 0. The third-order valence-corrected chi connectivity index (χ3v) is 0. The Hall–Kier alpha value is 2.23. The van der Waals surface area contributed by atoms with Gasteiger partial charge in [-0.15, -0.1) is 24.8 Å². The minimum atomic E-state index is 0. The van der Waals surface area contributed by atoms with Gasteiger partial charge in [0.2, 0.25) is 0 Å². The molecule has 0 spiro atoms. The van der Waals surface area contributed by atoms with Crippen molar-refractivity contribution < 1.29 is 26.2 Å². The van der Waals surface area contributed by atoms with Gasteiger partial charge in [0.1, 0.15) is 0 Å². The minimum absolute atomic E-state index is 0. The predicted molar refractivity (Wildman–Crippen MR) is 23.0 cm³/mol. The van der Waals surface area contributed by atoms with Crippen LogP contribution < -0.4 is 0 Å². The van der Waals surface area contributed by atoms with Crippen LogP contribution in [0, 0.1) is 0 Å². The van der Waals surface area contributed by atoms with E-state index in [9.17, 15) is 0 Å². The minimum Gasteiger partial charge on any atom is -0.147 e. The Bertz CT molecular complexity index is 6.00. The van der Waals surface area contributed by atoms with Gasteiger partial charge in [-0.25, -0.2) is 0 Å². The van der Waals surface area contributed by atoms with Crippen LogP contribution in [-0.4, -0.2) is 23.1 Å². The maximum Gasteiger partial charge on any atom is 0.316 e. The monoisotopic (exact) mass is 188 g/mol. The van der Waals surface area contributed by atoms with Crippen LogP contribution >= 0.6 is 24.8 Å². The van der Waals surface area contributed by atoms with Gasteiger partial charge in [-0.1, -0.05) is 0 Å². The Morgan fingerprint density at radius 2 is 0.750 bits per heavy atom. The van der Waals surface area contributed by atoms with Gasteiger partial charge in [0.25, 0.3) is 0 Å². The number of rotatable bonds is 0. The van der Waals surface area contributed by atoms with Crippen LogP contribution in [0.1, 0.15) is 0 Å². The molecule has 0 unspecified atom stereocenters. The Morgan fingerprint density at radius 1 is 0.750 bits per heavy atom.